The first-order valence-corrected chi connectivity index (χ1v) is 6.76. The maximum absolute atomic E-state index is 12.2. The molecule has 0 heterocycles. The number of benzene rings is 1. The highest BCUT2D eigenvalue weighted by atomic mass is 16.2. The van der Waals surface area contributed by atoms with Gasteiger partial charge in [-0.2, -0.15) is 0 Å². The maximum Gasteiger partial charge on any atom is 0.328 e. The molecule has 4 heteroatoms. The quantitative estimate of drug-likeness (QED) is 0.888. The Morgan fingerprint density at radius 3 is 2.26 bits per heavy atom. The second-order valence-corrected chi connectivity index (χ2v) is 5.12. The summed E-state index contributed by atoms with van der Waals surface area (Å²) in [6, 6.07) is 7.28. The van der Waals surface area contributed by atoms with E-state index in [4.69, 9.17) is 0 Å². The van der Waals surface area contributed by atoms with Crippen molar-refractivity contribution in [1.29, 1.82) is 0 Å². The maximum atomic E-state index is 12.2. The van der Waals surface area contributed by atoms with Crippen LogP contribution in [0.15, 0.2) is 24.3 Å². The number of carbonyl (C=O) groups is 2. The van der Waals surface area contributed by atoms with E-state index in [1.54, 1.807) is 12.1 Å². The number of carbonyl (C=O) groups excluding carboxylic acids is 2. The lowest BCUT2D eigenvalue weighted by Crippen LogP contribution is -2.46. The Kier molecular flexibility index (Phi) is 4.20. The molecule has 1 saturated carbocycles. The standard InChI is InChI=1S/C15H20N2O2/c1-11-7-9-14(10-8-11)17(12(2)18)15(19)16-13-5-3-4-6-13/h7-10,13H,3-6H2,1-2H3,(H,16,19). The normalized spacial score (nSPS) is 15.3. The number of aryl methyl sites for hydroxylation is 1. The van der Waals surface area contributed by atoms with Crippen molar-refractivity contribution in [3.8, 4) is 0 Å². The molecule has 2 rings (SSSR count). The predicted molar refractivity (Wildman–Crippen MR) is 75.1 cm³/mol. The summed E-state index contributed by atoms with van der Waals surface area (Å²) in [7, 11) is 0. The van der Waals surface area contributed by atoms with E-state index < -0.39 is 0 Å². The largest absolute Gasteiger partial charge is 0.335 e. The van der Waals surface area contributed by atoms with E-state index in [-0.39, 0.29) is 18.0 Å². The highest BCUT2D eigenvalue weighted by Gasteiger charge is 2.24. The smallest absolute Gasteiger partial charge is 0.328 e. The van der Waals surface area contributed by atoms with E-state index in [0.29, 0.717) is 5.69 Å². The minimum atomic E-state index is -0.316. The van der Waals surface area contributed by atoms with E-state index in [1.807, 2.05) is 19.1 Å². The zero-order valence-corrected chi connectivity index (χ0v) is 11.5. The van der Waals surface area contributed by atoms with Crippen LogP contribution in [0, 0.1) is 6.92 Å². The van der Waals surface area contributed by atoms with Crippen LogP contribution in [-0.4, -0.2) is 18.0 Å². The lowest BCUT2D eigenvalue weighted by atomic mass is 10.2. The summed E-state index contributed by atoms with van der Waals surface area (Å²) in [5.41, 5.74) is 1.72. The van der Waals surface area contributed by atoms with Gasteiger partial charge in [0.1, 0.15) is 0 Å². The van der Waals surface area contributed by atoms with Crippen LogP contribution < -0.4 is 10.2 Å². The van der Waals surface area contributed by atoms with Crippen LogP contribution in [0.3, 0.4) is 0 Å². The van der Waals surface area contributed by atoms with Gasteiger partial charge in [0.05, 0.1) is 5.69 Å². The van der Waals surface area contributed by atoms with Gasteiger partial charge in [-0.05, 0) is 31.9 Å². The van der Waals surface area contributed by atoms with E-state index in [9.17, 15) is 9.59 Å². The monoisotopic (exact) mass is 260 g/mol. The summed E-state index contributed by atoms with van der Waals surface area (Å²) >= 11 is 0. The van der Waals surface area contributed by atoms with Crippen LogP contribution >= 0.6 is 0 Å². The first kappa shape index (κ1) is 13.6. The van der Waals surface area contributed by atoms with Gasteiger partial charge in [0.2, 0.25) is 5.91 Å². The second-order valence-electron chi connectivity index (χ2n) is 5.12. The molecule has 0 radical (unpaired) electrons. The molecule has 0 spiro atoms. The Bertz CT molecular complexity index is 462. The van der Waals surface area contributed by atoms with E-state index in [2.05, 4.69) is 5.32 Å². The summed E-state index contributed by atoms with van der Waals surface area (Å²) < 4.78 is 0. The fourth-order valence-electron chi connectivity index (χ4n) is 2.45. The fourth-order valence-corrected chi connectivity index (χ4v) is 2.45. The lowest BCUT2D eigenvalue weighted by Gasteiger charge is -2.22. The molecule has 0 aliphatic heterocycles. The van der Waals surface area contributed by atoms with Crippen molar-refractivity contribution in [3.05, 3.63) is 29.8 Å². The molecule has 1 fully saturated rings. The molecule has 1 aromatic carbocycles. The highest BCUT2D eigenvalue weighted by Crippen LogP contribution is 2.20. The SMILES string of the molecule is CC(=O)N(C(=O)NC1CCCC1)c1ccc(C)cc1. The van der Waals surface area contributed by atoms with Crippen LogP contribution in [0.2, 0.25) is 0 Å². The van der Waals surface area contributed by atoms with Gasteiger partial charge in [-0.3, -0.25) is 4.79 Å². The van der Waals surface area contributed by atoms with Gasteiger partial charge in [0.25, 0.3) is 0 Å². The first-order chi connectivity index (χ1) is 9.08. The Hall–Kier alpha value is -1.84. The summed E-state index contributed by atoms with van der Waals surface area (Å²) in [6.45, 7) is 3.38. The van der Waals surface area contributed by atoms with Crippen molar-refractivity contribution in [1.82, 2.24) is 5.32 Å². The minimum absolute atomic E-state index is 0.208. The van der Waals surface area contributed by atoms with Crippen LogP contribution in [-0.2, 0) is 4.79 Å². The predicted octanol–water partition coefficient (Wildman–Crippen LogP) is 3.00. The number of urea groups is 1. The molecule has 1 aromatic rings. The lowest BCUT2D eigenvalue weighted by molar-refractivity contribution is -0.115. The van der Waals surface area contributed by atoms with E-state index >= 15 is 0 Å². The summed E-state index contributed by atoms with van der Waals surface area (Å²) in [6.07, 6.45) is 4.31. The van der Waals surface area contributed by atoms with Crippen LogP contribution in [0.25, 0.3) is 0 Å². The third-order valence-corrected chi connectivity index (χ3v) is 3.49. The number of nitrogens with zero attached hydrogens (tertiary/aromatic N) is 1. The third-order valence-electron chi connectivity index (χ3n) is 3.49. The van der Waals surface area contributed by atoms with Crippen molar-refractivity contribution in [2.45, 2.75) is 45.6 Å². The number of amides is 3. The first-order valence-electron chi connectivity index (χ1n) is 6.76. The molecule has 0 atom stereocenters. The molecular formula is C15H20N2O2. The molecule has 1 aliphatic rings. The summed E-state index contributed by atoms with van der Waals surface area (Å²) in [4.78, 5) is 25.1. The Labute approximate surface area is 113 Å². The van der Waals surface area contributed by atoms with Crippen LogP contribution in [0.4, 0.5) is 10.5 Å². The molecule has 102 valence electrons. The van der Waals surface area contributed by atoms with Crippen molar-refractivity contribution >= 4 is 17.6 Å². The van der Waals surface area contributed by atoms with Crippen molar-refractivity contribution in [2.75, 3.05) is 4.90 Å². The van der Waals surface area contributed by atoms with E-state index in [1.165, 1.54) is 11.8 Å². The van der Waals surface area contributed by atoms with Gasteiger partial charge < -0.3 is 5.32 Å². The van der Waals surface area contributed by atoms with Gasteiger partial charge in [-0.15, -0.1) is 0 Å². The molecule has 19 heavy (non-hydrogen) atoms. The molecule has 0 saturated heterocycles. The van der Waals surface area contributed by atoms with Crippen LogP contribution in [0.1, 0.15) is 38.2 Å². The minimum Gasteiger partial charge on any atom is -0.335 e. The topological polar surface area (TPSA) is 49.4 Å². The number of rotatable bonds is 2. The van der Waals surface area contributed by atoms with Crippen molar-refractivity contribution in [3.63, 3.8) is 0 Å². The van der Waals surface area contributed by atoms with Crippen LogP contribution in [0.5, 0.6) is 0 Å². The number of imide groups is 1. The molecule has 3 amide bonds. The van der Waals surface area contributed by atoms with Gasteiger partial charge >= 0.3 is 6.03 Å². The molecule has 4 nitrogen and oxygen atoms in total. The Balaban J connectivity index is 2.12. The number of nitrogens with one attached hydrogen (secondary N) is 1. The molecule has 1 aliphatic carbocycles. The molecular weight excluding hydrogens is 240 g/mol. The molecule has 0 aromatic heterocycles. The highest BCUT2D eigenvalue weighted by molar-refractivity contribution is 6.13. The van der Waals surface area contributed by atoms with Gasteiger partial charge in [0, 0.05) is 13.0 Å². The second kappa shape index (κ2) is 5.87. The Morgan fingerprint density at radius 1 is 1.16 bits per heavy atom. The average Bonchev–Trinajstić information content (AvgIpc) is 2.84. The number of hydrogen-bond donors (Lipinski definition) is 1. The molecule has 0 unspecified atom stereocenters. The molecule has 0 bridgehead atoms. The van der Waals surface area contributed by atoms with Crippen molar-refractivity contribution in [2.24, 2.45) is 0 Å². The fraction of sp³-hybridized carbons (Fsp3) is 0.467. The van der Waals surface area contributed by atoms with Gasteiger partial charge in [-0.1, -0.05) is 30.5 Å². The summed E-state index contributed by atoms with van der Waals surface area (Å²) in [5.74, 6) is -0.264. The van der Waals surface area contributed by atoms with Crippen molar-refractivity contribution < 1.29 is 9.59 Å². The third kappa shape index (κ3) is 3.34. The number of anilines is 1. The Morgan fingerprint density at radius 2 is 1.74 bits per heavy atom. The zero-order valence-electron chi connectivity index (χ0n) is 11.5. The molecule has 1 N–H and O–H groups in total. The number of hydrogen-bond acceptors (Lipinski definition) is 2. The zero-order chi connectivity index (χ0) is 13.8. The van der Waals surface area contributed by atoms with Gasteiger partial charge in [0.15, 0.2) is 0 Å². The average molecular weight is 260 g/mol. The summed E-state index contributed by atoms with van der Waals surface area (Å²) in [5, 5.41) is 2.94. The van der Waals surface area contributed by atoms with E-state index in [0.717, 1.165) is 31.2 Å². The van der Waals surface area contributed by atoms with Gasteiger partial charge in [-0.25, -0.2) is 9.69 Å².